The molecule has 0 spiro atoms. The van der Waals surface area contributed by atoms with Gasteiger partial charge in [-0.1, -0.05) is 12.1 Å². The number of guanidine groups is 1. The molecule has 120 valence electrons. The molecule has 1 aromatic carbocycles. The molecule has 0 fully saturated rings. The van der Waals surface area contributed by atoms with Crippen LogP contribution in [0, 0.1) is 17.1 Å². The lowest BCUT2D eigenvalue weighted by molar-refractivity contribution is 0.485. The zero-order valence-electron chi connectivity index (χ0n) is 13.2. The second-order valence-corrected chi connectivity index (χ2v) is 6.10. The molecule has 1 N–H and O–H groups in total. The molecule has 6 heteroatoms. The largest absolute Gasteiger partial charge is 0.352 e. The molecule has 0 aliphatic carbocycles. The fourth-order valence-corrected chi connectivity index (χ4v) is 2.86. The molecule has 1 aromatic heterocycles. The number of nitrogens with one attached hydrogen (secondary N) is 1. The number of nitriles is 1. The van der Waals surface area contributed by atoms with Crippen molar-refractivity contribution in [2.24, 2.45) is 4.99 Å². The second-order valence-electron chi connectivity index (χ2n) is 5.07. The predicted molar refractivity (Wildman–Crippen MR) is 92.0 cm³/mol. The Kier molecular flexibility index (Phi) is 6.12. The minimum atomic E-state index is -0.381. The van der Waals surface area contributed by atoms with Gasteiger partial charge in [0.2, 0.25) is 0 Å². The lowest BCUT2D eigenvalue weighted by Gasteiger charge is -2.22. The molecule has 0 radical (unpaired) electrons. The first-order chi connectivity index (χ1) is 11.1. The molecular weight excluding hydrogens is 311 g/mol. The van der Waals surface area contributed by atoms with Crippen LogP contribution in [0.4, 0.5) is 4.39 Å². The zero-order valence-corrected chi connectivity index (χ0v) is 14.0. The van der Waals surface area contributed by atoms with Gasteiger partial charge in [-0.05, 0) is 30.0 Å². The van der Waals surface area contributed by atoms with Crippen LogP contribution in [0.1, 0.15) is 16.0 Å². The van der Waals surface area contributed by atoms with Crippen molar-refractivity contribution in [3.63, 3.8) is 0 Å². The first-order valence-corrected chi connectivity index (χ1v) is 8.14. The SMILES string of the molecule is CN=C(NCc1ccc(C#N)cc1F)N(C)CCc1cccs1. The molecule has 0 atom stereocenters. The number of aliphatic imine (C=N–C) groups is 1. The van der Waals surface area contributed by atoms with Gasteiger partial charge in [0.25, 0.3) is 0 Å². The summed E-state index contributed by atoms with van der Waals surface area (Å²) in [5, 5.41) is 14.0. The van der Waals surface area contributed by atoms with Gasteiger partial charge in [-0.25, -0.2) is 4.39 Å². The normalized spacial score (nSPS) is 11.1. The average molecular weight is 330 g/mol. The molecule has 2 rings (SSSR count). The smallest absolute Gasteiger partial charge is 0.193 e. The molecule has 2 aromatic rings. The van der Waals surface area contributed by atoms with Crippen LogP contribution < -0.4 is 5.32 Å². The maximum Gasteiger partial charge on any atom is 0.193 e. The third-order valence-electron chi connectivity index (χ3n) is 3.47. The Balaban J connectivity index is 1.90. The van der Waals surface area contributed by atoms with E-state index in [0.717, 1.165) is 13.0 Å². The Morgan fingerprint density at radius 1 is 1.43 bits per heavy atom. The van der Waals surface area contributed by atoms with Gasteiger partial charge in [-0.15, -0.1) is 11.3 Å². The van der Waals surface area contributed by atoms with E-state index >= 15 is 0 Å². The van der Waals surface area contributed by atoms with Crippen molar-refractivity contribution >= 4 is 17.3 Å². The van der Waals surface area contributed by atoms with Gasteiger partial charge < -0.3 is 10.2 Å². The summed E-state index contributed by atoms with van der Waals surface area (Å²) in [7, 11) is 3.66. The number of thiophene rings is 1. The number of hydrogen-bond acceptors (Lipinski definition) is 3. The van der Waals surface area contributed by atoms with Crippen molar-refractivity contribution in [1.29, 1.82) is 5.26 Å². The van der Waals surface area contributed by atoms with Crippen molar-refractivity contribution in [2.75, 3.05) is 20.6 Å². The molecular formula is C17H19FN4S. The topological polar surface area (TPSA) is 51.4 Å². The third-order valence-corrected chi connectivity index (χ3v) is 4.40. The Bertz CT molecular complexity index is 704. The highest BCUT2D eigenvalue weighted by Gasteiger charge is 2.08. The zero-order chi connectivity index (χ0) is 16.7. The summed E-state index contributed by atoms with van der Waals surface area (Å²) >= 11 is 1.74. The van der Waals surface area contributed by atoms with Crippen molar-refractivity contribution < 1.29 is 4.39 Å². The maximum absolute atomic E-state index is 13.9. The summed E-state index contributed by atoms with van der Waals surface area (Å²) in [5.41, 5.74) is 0.834. The van der Waals surface area contributed by atoms with Crippen LogP contribution in [-0.2, 0) is 13.0 Å². The van der Waals surface area contributed by atoms with E-state index in [1.54, 1.807) is 30.5 Å². The molecule has 0 unspecified atom stereocenters. The molecule has 0 aliphatic rings. The molecule has 0 amide bonds. The fourth-order valence-electron chi connectivity index (χ4n) is 2.16. The summed E-state index contributed by atoms with van der Waals surface area (Å²) < 4.78 is 13.9. The van der Waals surface area contributed by atoms with Crippen LogP contribution in [0.15, 0.2) is 40.7 Å². The lowest BCUT2D eigenvalue weighted by atomic mass is 10.1. The van der Waals surface area contributed by atoms with Crippen LogP contribution in [0.25, 0.3) is 0 Å². The number of hydrogen-bond donors (Lipinski definition) is 1. The molecule has 0 saturated heterocycles. The van der Waals surface area contributed by atoms with E-state index in [0.29, 0.717) is 23.6 Å². The maximum atomic E-state index is 13.9. The van der Waals surface area contributed by atoms with Crippen molar-refractivity contribution in [1.82, 2.24) is 10.2 Å². The quantitative estimate of drug-likeness (QED) is 0.677. The van der Waals surface area contributed by atoms with E-state index in [1.807, 2.05) is 24.1 Å². The standard InChI is InChI=1S/C17H19FN4S/c1-20-17(22(2)8-7-15-4-3-9-23-15)21-12-14-6-5-13(11-19)10-16(14)18/h3-6,9-10H,7-8,12H2,1-2H3,(H,20,21). The van der Waals surface area contributed by atoms with Gasteiger partial charge in [-0.2, -0.15) is 5.26 Å². The fraction of sp³-hybridized carbons (Fsp3) is 0.294. The van der Waals surface area contributed by atoms with Crippen LogP contribution >= 0.6 is 11.3 Å². The van der Waals surface area contributed by atoms with Crippen molar-refractivity contribution in [2.45, 2.75) is 13.0 Å². The lowest BCUT2D eigenvalue weighted by Crippen LogP contribution is -2.39. The van der Waals surface area contributed by atoms with E-state index < -0.39 is 0 Å². The Morgan fingerprint density at radius 2 is 2.26 bits per heavy atom. The number of likely N-dealkylation sites (N-methyl/N-ethyl adjacent to an activating group) is 1. The summed E-state index contributed by atoms with van der Waals surface area (Å²) in [6, 6.07) is 10.6. The van der Waals surface area contributed by atoms with E-state index in [-0.39, 0.29) is 5.82 Å². The van der Waals surface area contributed by atoms with E-state index in [2.05, 4.69) is 21.8 Å². The van der Waals surface area contributed by atoms with Gasteiger partial charge in [0.15, 0.2) is 5.96 Å². The van der Waals surface area contributed by atoms with Crippen molar-refractivity contribution in [3.05, 3.63) is 57.5 Å². The average Bonchev–Trinajstić information content (AvgIpc) is 3.08. The molecule has 4 nitrogen and oxygen atoms in total. The highest BCUT2D eigenvalue weighted by molar-refractivity contribution is 7.09. The highest BCUT2D eigenvalue weighted by Crippen LogP contribution is 2.11. The number of nitrogens with zero attached hydrogens (tertiary/aromatic N) is 3. The first-order valence-electron chi connectivity index (χ1n) is 7.26. The Morgan fingerprint density at radius 3 is 2.87 bits per heavy atom. The second kappa shape index (κ2) is 8.30. The monoisotopic (exact) mass is 330 g/mol. The van der Waals surface area contributed by atoms with E-state index in [9.17, 15) is 4.39 Å². The number of benzene rings is 1. The van der Waals surface area contributed by atoms with Crippen molar-refractivity contribution in [3.8, 4) is 6.07 Å². The van der Waals surface area contributed by atoms with Crippen LogP contribution in [-0.4, -0.2) is 31.5 Å². The molecule has 0 aliphatic heterocycles. The molecule has 23 heavy (non-hydrogen) atoms. The molecule has 1 heterocycles. The van der Waals surface area contributed by atoms with Crippen LogP contribution in [0.2, 0.25) is 0 Å². The minimum absolute atomic E-state index is 0.323. The van der Waals surface area contributed by atoms with Gasteiger partial charge in [0.1, 0.15) is 5.82 Å². The minimum Gasteiger partial charge on any atom is -0.352 e. The first kappa shape index (κ1) is 17.0. The summed E-state index contributed by atoms with van der Waals surface area (Å²) in [5.74, 6) is 0.332. The van der Waals surface area contributed by atoms with Gasteiger partial charge in [-0.3, -0.25) is 4.99 Å². The van der Waals surface area contributed by atoms with Gasteiger partial charge in [0, 0.05) is 37.6 Å². The molecule has 0 bridgehead atoms. The predicted octanol–water partition coefficient (Wildman–Crippen LogP) is 3.01. The van der Waals surface area contributed by atoms with Crippen LogP contribution in [0.3, 0.4) is 0 Å². The number of rotatable bonds is 5. The Labute approximate surface area is 139 Å². The van der Waals surface area contributed by atoms with E-state index in [1.165, 1.54) is 10.9 Å². The van der Waals surface area contributed by atoms with Crippen LogP contribution in [0.5, 0.6) is 0 Å². The number of halogens is 1. The summed E-state index contributed by atoms with van der Waals surface area (Å²) in [6.07, 6.45) is 0.945. The third kappa shape index (κ3) is 4.80. The molecule has 0 saturated carbocycles. The van der Waals surface area contributed by atoms with E-state index in [4.69, 9.17) is 5.26 Å². The highest BCUT2D eigenvalue weighted by atomic mass is 32.1. The summed E-state index contributed by atoms with van der Waals surface area (Å²) in [6.45, 7) is 1.16. The summed E-state index contributed by atoms with van der Waals surface area (Å²) in [4.78, 5) is 7.57. The van der Waals surface area contributed by atoms with Gasteiger partial charge >= 0.3 is 0 Å². The Hall–Kier alpha value is -2.39. The van der Waals surface area contributed by atoms with Gasteiger partial charge in [0.05, 0.1) is 11.6 Å².